The Labute approximate surface area is 119 Å². The summed E-state index contributed by atoms with van der Waals surface area (Å²) in [4.78, 5) is 2.89. The van der Waals surface area contributed by atoms with Crippen LogP contribution in [0.5, 0.6) is 0 Å². The first-order valence-corrected chi connectivity index (χ1v) is 8.62. The summed E-state index contributed by atoms with van der Waals surface area (Å²) in [5.74, 6) is 1.80. The number of nitrogens with zero attached hydrogens (tertiary/aromatic N) is 1. The van der Waals surface area contributed by atoms with Crippen LogP contribution in [0.1, 0.15) is 65.7 Å². The van der Waals surface area contributed by atoms with Crippen LogP contribution in [0.15, 0.2) is 0 Å². The molecule has 1 aliphatic heterocycles. The van der Waals surface area contributed by atoms with E-state index in [1.807, 2.05) is 0 Å². The molecule has 110 valence electrons. The van der Waals surface area contributed by atoms with Crippen molar-refractivity contribution >= 4 is 0 Å². The molecule has 0 amide bonds. The van der Waals surface area contributed by atoms with E-state index in [1.165, 1.54) is 58.0 Å². The predicted octanol–water partition coefficient (Wildman–Crippen LogP) is 3.42. The molecule has 2 saturated carbocycles. The Morgan fingerprint density at radius 3 is 2.47 bits per heavy atom. The fourth-order valence-electron chi connectivity index (χ4n) is 4.90. The summed E-state index contributed by atoms with van der Waals surface area (Å²) in [6.45, 7) is 9.92. The second-order valence-electron chi connectivity index (χ2n) is 7.72. The van der Waals surface area contributed by atoms with Crippen LogP contribution >= 0.6 is 0 Å². The van der Waals surface area contributed by atoms with Gasteiger partial charge in [-0.25, -0.2) is 0 Å². The molecule has 3 aliphatic rings. The number of hydrogen-bond acceptors (Lipinski definition) is 2. The number of hydrogen-bond donors (Lipinski definition) is 1. The first-order chi connectivity index (χ1) is 9.11. The second kappa shape index (κ2) is 5.37. The Kier molecular flexibility index (Phi) is 3.92. The molecule has 2 heteroatoms. The van der Waals surface area contributed by atoms with Gasteiger partial charge in [-0.3, -0.25) is 4.90 Å². The highest BCUT2D eigenvalue weighted by molar-refractivity contribution is 5.02. The topological polar surface area (TPSA) is 15.3 Å². The van der Waals surface area contributed by atoms with E-state index in [0.717, 1.165) is 23.9 Å². The maximum absolute atomic E-state index is 3.90. The summed E-state index contributed by atoms with van der Waals surface area (Å²) in [7, 11) is 0. The Bertz CT molecular complexity index is 308. The summed E-state index contributed by atoms with van der Waals surface area (Å²) in [5.41, 5.74) is 0.479. The first kappa shape index (κ1) is 13.9. The molecule has 19 heavy (non-hydrogen) atoms. The predicted molar refractivity (Wildman–Crippen MR) is 81.3 cm³/mol. The first-order valence-electron chi connectivity index (χ1n) is 8.62. The fourth-order valence-corrected chi connectivity index (χ4v) is 4.90. The number of piperazine rings is 1. The summed E-state index contributed by atoms with van der Waals surface area (Å²) in [6, 6.07) is 1.57. The third-order valence-electron chi connectivity index (χ3n) is 6.47. The van der Waals surface area contributed by atoms with E-state index in [1.54, 1.807) is 0 Å². The van der Waals surface area contributed by atoms with Crippen molar-refractivity contribution in [2.45, 2.75) is 83.3 Å². The van der Waals surface area contributed by atoms with Crippen molar-refractivity contribution in [2.75, 3.05) is 13.1 Å². The molecule has 1 spiro atoms. The average molecular weight is 264 g/mol. The molecule has 2 nitrogen and oxygen atoms in total. The van der Waals surface area contributed by atoms with E-state index in [0.29, 0.717) is 5.54 Å². The summed E-state index contributed by atoms with van der Waals surface area (Å²) in [6.07, 6.45) is 10.0. The van der Waals surface area contributed by atoms with Gasteiger partial charge in [0.25, 0.3) is 0 Å². The van der Waals surface area contributed by atoms with E-state index in [2.05, 4.69) is 31.0 Å². The molecule has 3 rings (SSSR count). The van der Waals surface area contributed by atoms with Crippen molar-refractivity contribution < 1.29 is 0 Å². The zero-order valence-corrected chi connectivity index (χ0v) is 13.1. The van der Waals surface area contributed by atoms with Gasteiger partial charge in [0.15, 0.2) is 0 Å². The normalized spacial score (nSPS) is 43.7. The van der Waals surface area contributed by atoms with Gasteiger partial charge in [-0.15, -0.1) is 0 Å². The molecule has 2 aliphatic carbocycles. The number of nitrogens with one attached hydrogen (secondary N) is 1. The third-order valence-corrected chi connectivity index (χ3v) is 6.47. The summed E-state index contributed by atoms with van der Waals surface area (Å²) in [5, 5.41) is 3.90. The van der Waals surface area contributed by atoms with E-state index in [-0.39, 0.29) is 0 Å². The van der Waals surface area contributed by atoms with Crippen molar-refractivity contribution in [3.63, 3.8) is 0 Å². The molecule has 1 heterocycles. The molecule has 1 saturated heterocycles. The van der Waals surface area contributed by atoms with Gasteiger partial charge in [0.05, 0.1) is 0 Å². The largest absolute Gasteiger partial charge is 0.308 e. The minimum absolute atomic E-state index is 0.479. The number of rotatable bonds is 1. The van der Waals surface area contributed by atoms with E-state index in [9.17, 15) is 0 Å². The molecule has 1 N–H and O–H groups in total. The average Bonchev–Trinajstić information content (AvgIpc) is 2.85. The van der Waals surface area contributed by atoms with Gasteiger partial charge < -0.3 is 5.32 Å². The third kappa shape index (κ3) is 2.58. The van der Waals surface area contributed by atoms with Crippen molar-refractivity contribution in [3.8, 4) is 0 Å². The molecule has 0 radical (unpaired) electrons. The Morgan fingerprint density at radius 1 is 1.00 bits per heavy atom. The lowest BCUT2D eigenvalue weighted by Crippen LogP contribution is -2.65. The zero-order valence-electron chi connectivity index (χ0n) is 13.1. The lowest BCUT2D eigenvalue weighted by Gasteiger charge is -2.52. The Hall–Kier alpha value is -0.0800. The van der Waals surface area contributed by atoms with Crippen molar-refractivity contribution in [2.24, 2.45) is 11.8 Å². The van der Waals surface area contributed by atoms with Gasteiger partial charge in [-0.1, -0.05) is 39.5 Å². The van der Waals surface area contributed by atoms with Crippen LogP contribution in [0.2, 0.25) is 0 Å². The van der Waals surface area contributed by atoms with E-state index < -0.39 is 0 Å². The Balaban J connectivity index is 1.73. The maximum Gasteiger partial charge on any atom is 0.0309 e. The molecule has 4 unspecified atom stereocenters. The lowest BCUT2D eigenvalue weighted by atomic mass is 9.76. The minimum Gasteiger partial charge on any atom is -0.308 e. The molecule has 0 bridgehead atoms. The molecule has 4 atom stereocenters. The zero-order chi connectivity index (χ0) is 13.5. The van der Waals surface area contributed by atoms with Gasteiger partial charge in [0.1, 0.15) is 0 Å². The van der Waals surface area contributed by atoms with Gasteiger partial charge in [-0.05, 0) is 38.0 Å². The molecule has 0 aromatic carbocycles. The smallest absolute Gasteiger partial charge is 0.0309 e. The van der Waals surface area contributed by atoms with Crippen LogP contribution in [0.25, 0.3) is 0 Å². The highest BCUT2D eigenvalue weighted by atomic mass is 15.3. The molecule has 0 aromatic heterocycles. The van der Waals surface area contributed by atoms with Crippen LogP contribution in [-0.4, -0.2) is 35.6 Å². The second-order valence-corrected chi connectivity index (χ2v) is 7.72. The van der Waals surface area contributed by atoms with Crippen LogP contribution in [0.3, 0.4) is 0 Å². The summed E-state index contributed by atoms with van der Waals surface area (Å²) < 4.78 is 0. The van der Waals surface area contributed by atoms with Crippen molar-refractivity contribution in [1.29, 1.82) is 0 Å². The fraction of sp³-hybridized carbons (Fsp3) is 1.00. The monoisotopic (exact) mass is 264 g/mol. The minimum atomic E-state index is 0.479. The van der Waals surface area contributed by atoms with Gasteiger partial charge in [-0.2, -0.15) is 0 Å². The van der Waals surface area contributed by atoms with E-state index in [4.69, 9.17) is 0 Å². The van der Waals surface area contributed by atoms with Crippen molar-refractivity contribution in [1.82, 2.24) is 10.2 Å². The van der Waals surface area contributed by atoms with E-state index >= 15 is 0 Å². The van der Waals surface area contributed by atoms with Gasteiger partial charge >= 0.3 is 0 Å². The molecular weight excluding hydrogens is 232 g/mol. The summed E-state index contributed by atoms with van der Waals surface area (Å²) >= 11 is 0. The van der Waals surface area contributed by atoms with Crippen LogP contribution in [0.4, 0.5) is 0 Å². The van der Waals surface area contributed by atoms with Crippen molar-refractivity contribution in [3.05, 3.63) is 0 Å². The SMILES string of the molecule is CC1CCCC(N2CC3(CCCC3)NCC2C)C1C. The molecule has 0 aromatic rings. The highest BCUT2D eigenvalue weighted by Crippen LogP contribution is 2.38. The van der Waals surface area contributed by atoms with Gasteiger partial charge in [0.2, 0.25) is 0 Å². The molecule has 3 fully saturated rings. The lowest BCUT2D eigenvalue weighted by molar-refractivity contribution is 0.000524. The maximum atomic E-state index is 3.90. The standard InChI is InChI=1S/C17H32N2/c1-13-7-6-8-16(15(13)3)19-12-17(9-4-5-10-17)18-11-14(19)2/h13-16,18H,4-12H2,1-3H3. The quantitative estimate of drug-likeness (QED) is 0.781. The van der Waals surface area contributed by atoms with Gasteiger partial charge in [0, 0.05) is 30.7 Å². The van der Waals surface area contributed by atoms with Crippen LogP contribution in [-0.2, 0) is 0 Å². The highest BCUT2D eigenvalue weighted by Gasteiger charge is 2.43. The van der Waals surface area contributed by atoms with Crippen LogP contribution < -0.4 is 5.32 Å². The molecular formula is C17H32N2. The Morgan fingerprint density at radius 2 is 1.74 bits per heavy atom. The van der Waals surface area contributed by atoms with Crippen LogP contribution in [0, 0.1) is 11.8 Å².